The molecule has 0 heterocycles. The second-order valence-electron chi connectivity index (χ2n) is 6.22. The SMILES string of the molecule is C[C@@H](Sc1ccc(Cl)cc1)C(=O)O[C@H](C(=O)NC1CC1)c1ccccc1. The number of thioether (sulfide) groups is 1. The fourth-order valence-electron chi connectivity index (χ4n) is 2.38. The van der Waals surface area contributed by atoms with Crippen molar-refractivity contribution in [2.45, 2.75) is 42.1 Å². The number of nitrogens with one attached hydrogen (secondary N) is 1. The third kappa shape index (κ3) is 5.26. The summed E-state index contributed by atoms with van der Waals surface area (Å²) in [6.07, 6.45) is 1.02. The van der Waals surface area contributed by atoms with Crippen molar-refractivity contribution in [3.63, 3.8) is 0 Å². The maximum absolute atomic E-state index is 12.6. The van der Waals surface area contributed by atoms with Crippen LogP contribution in [0.5, 0.6) is 0 Å². The normalized spacial score (nSPS) is 15.8. The molecule has 0 aromatic heterocycles. The van der Waals surface area contributed by atoms with E-state index in [2.05, 4.69) is 5.32 Å². The molecule has 1 aliphatic rings. The predicted molar refractivity (Wildman–Crippen MR) is 103 cm³/mol. The minimum Gasteiger partial charge on any atom is -0.446 e. The summed E-state index contributed by atoms with van der Waals surface area (Å²) in [6.45, 7) is 1.77. The summed E-state index contributed by atoms with van der Waals surface area (Å²) in [5.74, 6) is -0.694. The molecule has 2 atom stereocenters. The van der Waals surface area contributed by atoms with Gasteiger partial charge in [-0.3, -0.25) is 9.59 Å². The van der Waals surface area contributed by atoms with Gasteiger partial charge >= 0.3 is 5.97 Å². The Morgan fingerprint density at radius 1 is 1.12 bits per heavy atom. The zero-order valence-corrected chi connectivity index (χ0v) is 15.9. The molecule has 26 heavy (non-hydrogen) atoms. The lowest BCUT2D eigenvalue weighted by molar-refractivity contribution is -0.155. The van der Waals surface area contributed by atoms with Crippen LogP contribution in [0.25, 0.3) is 0 Å². The number of ether oxygens (including phenoxy) is 1. The molecule has 0 bridgehead atoms. The topological polar surface area (TPSA) is 55.4 Å². The molecule has 1 N–H and O–H groups in total. The third-order valence-corrected chi connectivity index (χ3v) is 5.30. The maximum atomic E-state index is 12.6. The van der Waals surface area contributed by atoms with Crippen LogP contribution in [0.4, 0.5) is 0 Å². The highest BCUT2D eigenvalue weighted by Crippen LogP contribution is 2.28. The molecule has 1 amide bonds. The minimum absolute atomic E-state index is 0.202. The van der Waals surface area contributed by atoms with Gasteiger partial charge in [0.2, 0.25) is 6.10 Å². The van der Waals surface area contributed by atoms with E-state index in [-0.39, 0.29) is 11.9 Å². The van der Waals surface area contributed by atoms with E-state index < -0.39 is 17.3 Å². The van der Waals surface area contributed by atoms with Gasteiger partial charge in [0.1, 0.15) is 5.25 Å². The smallest absolute Gasteiger partial charge is 0.320 e. The van der Waals surface area contributed by atoms with E-state index in [1.165, 1.54) is 11.8 Å². The number of esters is 1. The molecule has 1 saturated carbocycles. The first-order chi connectivity index (χ1) is 12.5. The number of hydrogen-bond donors (Lipinski definition) is 1. The zero-order chi connectivity index (χ0) is 18.5. The van der Waals surface area contributed by atoms with E-state index in [1.54, 1.807) is 31.2 Å². The molecule has 2 aromatic rings. The molecule has 2 aromatic carbocycles. The monoisotopic (exact) mass is 389 g/mol. The van der Waals surface area contributed by atoms with Crippen LogP contribution in [0.2, 0.25) is 5.02 Å². The average molecular weight is 390 g/mol. The lowest BCUT2D eigenvalue weighted by Gasteiger charge is -2.20. The summed E-state index contributed by atoms with van der Waals surface area (Å²) in [7, 11) is 0. The molecule has 6 heteroatoms. The van der Waals surface area contributed by atoms with Crippen molar-refractivity contribution < 1.29 is 14.3 Å². The van der Waals surface area contributed by atoms with Gasteiger partial charge in [-0.2, -0.15) is 0 Å². The summed E-state index contributed by atoms with van der Waals surface area (Å²) in [6, 6.07) is 16.6. The predicted octanol–water partition coefficient (Wildman–Crippen LogP) is 4.38. The number of halogens is 1. The molecule has 0 saturated heterocycles. The average Bonchev–Trinajstić information content (AvgIpc) is 3.46. The Morgan fingerprint density at radius 3 is 2.38 bits per heavy atom. The number of carbonyl (C=O) groups is 2. The first-order valence-corrected chi connectivity index (χ1v) is 9.77. The Hall–Kier alpha value is -1.98. The molecule has 0 unspecified atom stereocenters. The van der Waals surface area contributed by atoms with Gasteiger partial charge in [0.15, 0.2) is 0 Å². The van der Waals surface area contributed by atoms with E-state index in [4.69, 9.17) is 16.3 Å². The second kappa shape index (κ2) is 8.60. The standard InChI is InChI=1S/C20H20ClNO3S/c1-13(26-17-11-7-15(21)8-12-17)20(24)25-18(14-5-3-2-4-6-14)19(23)22-16-9-10-16/h2-8,11-13,16,18H,9-10H2,1H3,(H,22,23)/t13-,18+/m1/s1. The number of benzene rings is 2. The molecular weight excluding hydrogens is 370 g/mol. The first kappa shape index (κ1) is 18.8. The van der Waals surface area contributed by atoms with E-state index in [9.17, 15) is 9.59 Å². The van der Waals surface area contributed by atoms with Gasteiger partial charge in [-0.15, -0.1) is 11.8 Å². The van der Waals surface area contributed by atoms with Crippen molar-refractivity contribution in [1.82, 2.24) is 5.32 Å². The first-order valence-electron chi connectivity index (χ1n) is 8.51. The summed E-state index contributed by atoms with van der Waals surface area (Å²) < 4.78 is 5.59. The molecular formula is C20H20ClNO3S. The van der Waals surface area contributed by atoms with Crippen LogP contribution >= 0.6 is 23.4 Å². The number of hydrogen-bond acceptors (Lipinski definition) is 4. The van der Waals surface area contributed by atoms with Gasteiger partial charge in [0.25, 0.3) is 5.91 Å². The van der Waals surface area contributed by atoms with Gasteiger partial charge in [0.05, 0.1) is 0 Å². The fourth-order valence-corrected chi connectivity index (χ4v) is 3.36. The minimum atomic E-state index is -0.933. The van der Waals surface area contributed by atoms with E-state index >= 15 is 0 Å². The summed E-state index contributed by atoms with van der Waals surface area (Å²) in [5.41, 5.74) is 0.669. The van der Waals surface area contributed by atoms with Gasteiger partial charge < -0.3 is 10.1 Å². The summed E-state index contributed by atoms with van der Waals surface area (Å²) in [5, 5.41) is 3.11. The largest absolute Gasteiger partial charge is 0.446 e. The second-order valence-corrected chi connectivity index (χ2v) is 8.08. The van der Waals surface area contributed by atoms with E-state index in [0.717, 1.165) is 17.7 Å². The van der Waals surface area contributed by atoms with Crippen molar-refractivity contribution in [3.8, 4) is 0 Å². The van der Waals surface area contributed by atoms with Crippen molar-refractivity contribution >= 4 is 35.2 Å². The van der Waals surface area contributed by atoms with Crippen molar-refractivity contribution in [3.05, 3.63) is 65.2 Å². The van der Waals surface area contributed by atoms with Crippen LogP contribution in [-0.4, -0.2) is 23.2 Å². The lowest BCUT2D eigenvalue weighted by Crippen LogP contribution is -2.34. The van der Waals surface area contributed by atoms with Crippen LogP contribution in [0, 0.1) is 0 Å². The molecule has 1 aliphatic carbocycles. The van der Waals surface area contributed by atoms with Crippen LogP contribution in [0.3, 0.4) is 0 Å². The number of rotatable bonds is 7. The van der Waals surface area contributed by atoms with Crippen molar-refractivity contribution in [2.24, 2.45) is 0 Å². The summed E-state index contributed by atoms with van der Waals surface area (Å²) >= 11 is 7.25. The molecule has 0 aliphatic heterocycles. The highest BCUT2D eigenvalue weighted by atomic mass is 35.5. The molecule has 0 radical (unpaired) electrons. The van der Waals surface area contributed by atoms with Gasteiger partial charge in [-0.05, 0) is 44.0 Å². The lowest BCUT2D eigenvalue weighted by atomic mass is 10.1. The fraction of sp³-hybridized carbons (Fsp3) is 0.300. The molecule has 4 nitrogen and oxygen atoms in total. The van der Waals surface area contributed by atoms with Gasteiger partial charge in [-0.1, -0.05) is 41.9 Å². The molecule has 0 spiro atoms. The Bertz CT molecular complexity index is 762. The van der Waals surface area contributed by atoms with Crippen molar-refractivity contribution in [2.75, 3.05) is 0 Å². The zero-order valence-electron chi connectivity index (χ0n) is 14.4. The summed E-state index contributed by atoms with van der Waals surface area (Å²) in [4.78, 5) is 26.0. The van der Waals surface area contributed by atoms with Crippen molar-refractivity contribution in [1.29, 1.82) is 0 Å². The number of amides is 1. The van der Waals surface area contributed by atoms with Crippen LogP contribution in [-0.2, 0) is 14.3 Å². The van der Waals surface area contributed by atoms with Gasteiger partial charge in [-0.25, -0.2) is 0 Å². The Morgan fingerprint density at radius 2 is 1.77 bits per heavy atom. The third-order valence-electron chi connectivity index (χ3n) is 3.96. The van der Waals surface area contributed by atoms with E-state index in [0.29, 0.717) is 10.6 Å². The van der Waals surface area contributed by atoms with Gasteiger partial charge in [0, 0.05) is 21.5 Å². The van der Waals surface area contributed by atoms with E-state index in [1.807, 2.05) is 30.3 Å². The Kier molecular flexibility index (Phi) is 6.22. The molecule has 1 fully saturated rings. The highest BCUT2D eigenvalue weighted by Gasteiger charge is 2.32. The van der Waals surface area contributed by atoms with Crippen LogP contribution in [0.1, 0.15) is 31.4 Å². The quantitative estimate of drug-likeness (QED) is 0.563. The number of carbonyl (C=O) groups excluding carboxylic acids is 2. The molecule has 3 rings (SSSR count). The molecule has 136 valence electrons. The van der Waals surface area contributed by atoms with Crippen LogP contribution in [0.15, 0.2) is 59.5 Å². The Balaban J connectivity index is 1.67. The Labute approximate surface area is 162 Å². The van der Waals surface area contributed by atoms with Crippen LogP contribution < -0.4 is 5.32 Å². The highest BCUT2D eigenvalue weighted by molar-refractivity contribution is 8.00. The maximum Gasteiger partial charge on any atom is 0.320 e.